The molecule has 3 aromatic rings. The van der Waals surface area contributed by atoms with Gasteiger partial charge in [-0.15, -0.1) is 11.3 Å². The van der Waals surface area contributed by atoms with Crippen LogP contribution in [0.15, 0.2) is 60.0 Å². The van der Waals surface area contributed by atoms with Gasteiger partial charge in [0.1, 0.15) is 12.4 Å². The number of fused-ring (bicyclic) bond motifs is 1. The molecule has 2 amide bonds. The predicted octanol–water partition coefficient (Wildman–Crippen LogP) is 5.61. The molecule has 4 nitrogen and oxygen atoms in total. The zero-order chi connectivity index (χ0) is 23.5. The number of nitrogens with zero attached hydrogens (tertiary/aromatic N) is 2. The summed E-state index contributed by atoms with van der Waals surface area (Å²) in [5.41, 5.74) is 3.64. The molecular weight excluding hydrogens is 435 g/mol. The SMILES string of the molecule is CCC(C)N(CC(=O)N1CCc2sccc2C1c1ccc(F)cc1)C(=O)c1ccc(C)cc1. The lowest BCUT2D eigenvalue weighted by Gasteiger charge is -2.38. The summed E-state index contributed by atoms with van der Waals surface area (Å²) in [6.45, 7) is 6.56. The zero-order valence-corrected chi connectivity index (χ0v) is 20.1. The molecule has 2 aromatic carbocycles. The van der Waals surface area contributed by atoms with E-state index in [9.17, 15) is 14.0 Å². The first-order valence-electron chi connectivity index (χ1n) is 11.4. The monoisotopic (exact) mass is 464 g/mol. The van der Waals surface area contributed by atoms with Gasteiger partial charge in [0.15, 0.2) is 0 Å². The molecule has 2 atom stereocenters. The van der Waals surface area contributed by atoms with Gasteiger partial charge in [-0.3, -0.25) is 9.59 Å². The molecule has 4 rings (SSSR count). The van der Waals surface area contributed by atoms with Gasteiger partial charge in [-0.25, -0.2) is 4.39 Å². The van der Waals surface area contributed by atoms with Crippen LogP contribution in [0.25, 0.3) is 0 Å². The number of benzene rings is 2. The third kappa shape index (κ3) is 4.86. The lowest BCUT2D eigenvalue weighted by Crippen LogP contribution is -2.49. The van der Waals surface area contributed by atoms with Gasteiger partial charge in [-0.2, -0.15) is 0 Å². The molecule has 172 valence electrons. The van der Waals surface area contributed by atoms with Crippen LogP contribution in [-0.4, -0.2) is 40.7 Å². The minimum atomic E-state index is -0.301. The number of rotatable bonds is 6. The van der Waals surface area contributed by atoms with Crippen molar-refractivity contribution in [2.45, 2.75) is 45.7 Å². The second-order valence-corrected chi connectivity index (χ2v) is 9.65. The van der Waals surface area contributed by atoms with Crippen LogP contribution in [0.2, 0.25) is 0 Å². The number of amides is 2. The minimum absolute atomic E-state index is 0.0128. The molecule has 0 saturated heterocycles. The molecule has 0 bridgehead atoms. The Labute approximate surface area is 198 Å². The maximum Gasteiger partial charge on any atom is 0.254 e. The highest BCUT2D eigenvalue weighted by molar-refractivity contribution is 7.10. The third-order valence-corrected chi connectivity index (χ3v) is 7.46. The van der Waals surface area contributed by atoms with Crippen molar-refractivity contribution in [3.8, 4) is 0 Å². The Kier molecular flexibility index (Phi) is 6.94. The van der Waals surface area contributed by atoms with Crippen LogP contribution in [0.5, 0.6) is 0 Å². The van der Waals surface area contributed by atoms with Gasteiger partial charge < -0.3 is 9.80 Å². The lowest BCUT2D eigenvalue weighted by atomic mass is 9.93. The van der Waals surface area contributed by atoms with Gasteiger partial charge in [-0.1, -0.05) is 36.8 Å². The van der Waals surface area contributed by atoms with Gasteiger partial charge in [0.05, 0.1) is 6.04 Å². The molecule has 0 N–H and O–H groups in total. The van der Waals surface area contributed by atoms with Gasteiger partial charge in [0, 0.05) is 23.0 Å². The maximum absolute atomic E-state index is 13.7. The molecule has 2 unspecified atom stereocenters. The Bertz CT molecular complexity index is 1120. The van der Waals surface area contributed by atoms with Crippen molar-refractivity contribution in [1.29, 1.82) is 0 Å². The first-order valence-corrected chi connectivity index (χ1v) is 12.3. The van der Waals surface area contributed by atoms with Crippen molar-refractivity contribution in [2.75, 3.05) is 13.1 Å². The van der Waals surface area contributed by atoms with Gasteiger partial charge in [0.25, 0.3) is 5.91 Å². The fraction of sp³-hybridized carbons (Fsp3) is 0.333. The van der Waals surface area contributed by atoms with Crippen LogP contribution in [0.1, 0.15) is 58.2 Å². The van der Waals surface area contributed by atoms with Crippen molar-refractivity contribution in [3.05, 3.63) is 92.9 Å². The Hall–Kier alpha value is -2.99. The van der Waals surface area contributed by atoms with Crippen LogP contribution in [0.4, 0.5) is 4.39 Å². The van der Waals surface area contributed by atoms with Crippen LogP contribution in [0.3, 0.4) is 0 Å². The van der Waals surface area contributed by atoms with E-state index in [0.717, 1.165) is 29.5 Å². The second-order valence-electron chi connectivity index (χ2n) is 8.65. The summed E-state index contributed by atoms with van der Waals surface area (Å²) in [5, 5.41) is 2.04. The number of carbonyl (C=O) groups is 2. The lowest BCUT2D eigenvalue weighted by molar-refractivity contribution is -0.134. The minimum Gasteiger partial charge on any atom is -0.330 e. The van der Waals surface area contributed by atoms with Crippen molar-refractivity contribution < 1.29 is 14.0 Å². The van der Waals surface area contributed by atoms with Crippen molar-refractivity contribution in [3.63, 3.8) is 0 Å². The van der Waals surface area contributed by atoms with E-state index in [0.29, 0.717) is 12.1 Å². The molecular formula is C27H29FN2O2S. The summed E-state index contributed by atoms with van der Waals surface area (Å²) in [6, 6.07) is 15.5. The maximum atomic E-state index is 13.7. The van der Waals surface area contributed by atoms with Crippen LogP contribution in [0, 0.1) is 12.7 Å². The molecule has 1 aliphatic heterocycles. The molecule has 0 saturated carbocycles. The number of halogens is 1. The summed E-state index contributed by atoms with van der Waals surface area (Å²) in [5.74, 6) is -0.532. The number of aryl methyl sites for hydroxylation is 1. The van der Waals surface area contributed by atoms with Crippen molar-refractivity contribution in [1.82, 2.24) is 9.80 Å². The standard InChI is InChI=1S/C27H29FN2O2S/c1-4-19(3)30(27(32)21-7-5-18(2)6-8-21)17-25(31)29-15-13-24-23(14-16-33-24)26(29)20-9-11-22(28)12-10-20/h5-12,14,16,19,26H,4,13,15,17H2,1-3H3. The summed E-state index contributed by atoms with van der Waals surface area (Å²) in [4.78, 5) is 31.8. The Morgan fingerprint density at radius 3 is 2.48 bits per heavy atom. The highest BCUT2D eigenvalue weighted by atomic mass is 32.1. The average Bonchev–Trinajstić information content (AvgIpc) is 3.31. The molecule has 6 heteroatoms. The van der Waals surface area contributed by atoms with Crippen molar-refractivity contribution >= 4 is 23.2 Å². The first-order chi connectivity index (χ1) is 15.9. The predicted molar refractivity (Wildman–Crippen MR) is 130 cm³/mol. The molecule has 33 heavy (non-hydrogen) atoms. The summed E-state index contributed by atoms with van der Waals surface area (Å²) < 4.78 is 13.6. The Balaban J connectivity index is 1.63. The van der Waals surface area contributed by atoms with Gasteiger partial charge in [-0.05, 0) is 73.5 Å². The summed E-state index contributed by atoms with van der Waals surface area (Å²) >= 11 is 1.69. The van der Waals surface area contributed by atoms with E-state index in [2.05, 4.69) is 6.07 Å². The third-order valence-electron chi connectivity index (χ3n) is 6.46. The van der Waals surface area contributed by atoms with E-state index in [1.807, 2.05) is 55.3 Å². The Morgan fingerprint density at radius 2 is 1.82 bits per heavy atom. The molecule has 2 heterocycles. The number of hydrogen-bond donors (Lipinski definition) is 0. The first kappa shape index (κ1) is 23.2. The van der Waals surface area contributed by atoms with E-state index in [-0.39, 0.29) is 36.3 Å². The second kappa shape index (κ2) is 9.87. The highest BCUT2D eigenvalue weighted by Crippen LogP contribution is 2.38. The average molecular weight is 465 g/mol. The van der Waals surface area contributed by atoms with E-state index in [4.69, 9.17) is 0 Å². The zero-order valence-electron chi connectivity index (χ0n) is 19.3. The number of carbonyl (C=O) groups excluding carboxylic acids is 2. The van der Waals surface area contributed by atoms with E-state index in [1.54, 1.807) is 28.4 Å². The summed E-state index contributed by atoms with van der Waals surface area (Å²) in [7, 11) is 0. The molecule has 1 aromatic heterocycles. The number of thiophene rings is 1. The largest absolute Gasteiger partial charge is 0.330 e. The van der Waals surface area contributed by atoms with E-state index in [1.165, 1.54) is 17.0 Å². The molecule has 0 fully saturated rings. The highest BCUT2D eigenvalue weighted by Gasteiger charge is 2.34. The molecule has 0 radical (unpaired) electrons. The molecule has 0 spiro atoms. The van der Waals surface area contributed by atoms with E-state index >= 15 is 0 Å². The quantitative estimate of drug-likeness (QED) is 0.476. The fourth-order valence-electron chi connectivity index (χ4n) is 4.34. The topological polar surface area (TPSA) is 40.6 Å². The summed E-state index contributed by atoms with van der Waals surface area (Å²) in [6.07, 6.45) is 1.53. The van der Waals surface area contributed by atoms with Crippen LogP contribution < -0.4 is 0 Å². The van der Waals surface area contributed by atoms with Gasteiger partial charge >= 0.3 is 0 Å². The fourth-order valence-corrected chi connectivity index (χ4v) is 5.24. The smallest absolute Gasteiger partial charge is 0.254 e. The van der Waals surface area contributed by atoms with Gasteiger partial charge in [0.2, 0.25) is 5.91 Å². The number of hydrogen-bond acceptors (Lipinski definition) is 3. The molecule has 0 aliphatic carbocycles. The van der Waals surface area contributed by atoms with Crippen LogP contribution >= 0.6 is 11.3 Å². The van der Waals surface area contributed by atoms with E-state index < -0.39 is 0 Å². The van der Waals surface area contributed by atoms with Crippen molar-refractivity contribution in [2.24, 2.45) is 0 Å². The molecule has 1 aliphatic rings. The Morgan fingerprint density at radius 1 is 1.12 bits per heavy atom. The normalized spacial score (nSPS) is 16.2. The van der Waals surface area contributed by atoms with Crippen LogP contribution in [-0.2, 0) is 11.2 Å².